The summed E-state index contributed by atoms with van der Waals surface area (Å²) in [6, 6.07) is -0.0525. The zero-order valence-electron chi connectivity index (χ0n) is 62.3. The minimum atomic E-state index is -1.72. The lowest BCUT2D eigenvalue weighted by molar-refractivity contribution is -0.141. The molecule has 2 aliphatic rings. The van der Waals surface area contributed by atoms with E-state index in [1.807, 2.05) is 0 Å². The van der Waals surface area contributed by atoms with Crippen molar-refractivity contribution < 1.29 is 58.5 Å². The Kier molecular flexibility index (Phi) is 47.7. The van der Waals surface area contributed by atoms with Gasteiger partial charge in [0.05, 0.1) is 50.0 Å². The first-order valence-corrected chi connectivity index (χ1v) is 39.3. The molecule has 14 atom stereocenters. The fourth-order valence-electron chi connectivity index (χ4n) is 13.9. The number of unbranched alkanes of at least 4 members (excludes halogenated alkanes) is 20. The van der Waals surface area contributed by atoms with Crippen molar-refractivity contribution in [2.24, 2.45) is 40.1 Å². The van der Waals surface area contributed by atoms with Crippen molar-refractivity contribution in [3.05, 3.63) is 35.9 Å². The maximum Gasteiger partial charge on any atom is 0.321 e. The van der Waals surface area contributed by atoms with Gasteiger partial charge >= 0.3 is 5.97 Å². The van der Waals surface area contributed by atoms with Gasteiger partial charge in [0.15, 0.2) is 0 Å². The van der Waals surface area contributed by atoms with E-state index in [0.29, 0.717) is 55.4 Å². The van der Waals surface area contributed by atoms with E-state index in [0.717, 1.165) is 89.9 Å². The number of likely N-dealkylation sites (tertiary alicyclic amines) is 1. The molecule has 23 N–H and O–H groups in total. The van der Waals surface area contributed by atoms with Crippen LogP contribution in [0.2, 0.25) is 0 Å². The smallest absolute Gasteiger partial charge is 0.321 e. The van der Waals surface area contributed by atoms with Crippen LogP contribution in [0.15, 0.2) is 30.3 Å². The molecular weight excluding hydrogens is 1300 g/mol. The van der Waals surface area contributed by atoms with Crippen molar-refractivity contribution in [2.45, 2.75) is 375 Å². The van der Waals surface area contributed by atoms with Crippen LogP contribution in [-0.4, -0.2) is 171 Å². The SMILES string of the molecule is CC(N)CCCCCCCC(N)CCCCCCCC(N)CCCCCCCC(N)CCCCCCCC(N)CCCCCCCC(O)CCNC(=O)CC(O)C1CCCN1C(=O)C1NC(=O)C(CC(N)=O)NC(=O)C(NC(=O)[C@H](Cc2ccccc2)NC(=O)CC(N)C(=O)O)CC(=O)NC1C. The molecule has 3 rings (SSSR count). The van der Waals surface area contributed by atoms with Crippen molar-refractivity contribution in [1.82, 2.24) is 36.8 Å². The lowest BCUT2D eigenvalue weighted by Crippen LogP contribution is -2.62. The quantitative estimate of drug-likeness (QED) is 0.0349. The van der Waals surface area contributed by atoms with Gasteiger partial charge in [0.2, 0.25) is 47.3 Å². The second kappa shape index (κ2) is 53.8. The third-order valence-electron chi connectivity index (χ3n) is 20.2. The molecule has 2 fully saturated rings. The summed E-state index contributed by atoms with van der Waals surface area (Å²) < 4.78 is 0. The van der Waals surface area contributed by atoms with Crippen LogP contribution in [0.3, 0.4) is 0 Å². The molecule has 2 saturated heterocycles. The summed E-state index contributed by atoms with van der Waals surface area (Å²) in [6.07, 6.45) is 37.1. The number of primary amides is 1. The van der Waals surface area contributed by atoms with Gasteiger partial charge in [-0.25, -0.2) is 0 Å². The number of hydrogen-bond acceptors (Lipinski definition) is 17. The van der Waals surface area contributed by atoms with Gasteiger partial charge in [-0.3, -0.25) is 43.2 Å². The molecule has 1 aromatic rings. The first-order valence-electron chi connectivity index (χ1n) is 39.3. The van der Waals surface area contributed by atoms with Crippen LogP contribution in [0.4, 0.5) is 0 Å². The highest BCUT2D eigenvalue weighted by molar-refractivity contribution is 6.00. The average molecular weight is 1440 g/mol. The van der Waals surface area contributed by atoms with Crippen molar-refractivity contribution in [2.75, 3.05) is 13.1 Å². The fraction of sp³-hybridized carbons (Fsp3) is 0.803. The molecule has 26 nitrogen and oxygen atoms in total. The molecule has 0 aliphatic carbocycles. The molecule has 1 aromatic carbocycles. The lowest BCUT2D eigenvalue weighted by atomic mass is 9.98. The maximum absolute atomic E-state index is 14.4. The minimum absolute atomic E-state index is 0.125. The molecular formula is C76H138N14O12. The van der Waals surface area contributed by atoms with Crippen LogP contribution in [0.25, 0.3) is 0 Å². The Morgan fingerprint density at radius 2 is 1.02 bits per heavy atom. The number of aliphatic hydroxyl groups is 2. The van der Waals surface area contributed by atoms with Crippen molar-refractivity contribution in [3.8, 4) is 0 Å². The average Bonchev–Trinajstić information content (AvgIpc) is 1.63. The molecule has 584 valence electrons. The van der Waals surface area contributed by atoms with Gasteiger partial charge in [0.1, 0.15) is 30.2 Å². The van der Waals surface area contributed by atoms with E-state index in [1.54, 1.807) is 30.3 Å². The van der Waals surface area contributed by atoms with Gasteiger partial charge in [0, 0.05) is 49.7 Å². The van der Waals surface area contributed by atoms with E-state index in [4.69, 9.17) is 40.1 Å². The molecule has 0 saturated carbocycles. The largest absolute Gasteiger partial charge is 0.480 e. The third kappa shape index (κ3) is 41.6. The topological polar surface area (TPSA) is 472 Å². The monoisotopic (exact) mass is 1440 g/mol. The summed E-state index contributed by atoms with van der Waals surface area (Å²) in [4.78, 5) is 121. The Bertz CT molecular complexity index is 2540. The van der Waals surface area contributed by atoms with E-state index >= 15 is 0 Å². The molecule has 2 aliphatic heterocycles. The number of aliphatic carboxylic acids is 1. The first-order chi connectivity index (χ1) is 48.8. The van der Waals surface area contributed by atoms with E-state index < -0.39 is 127 Å². The molecule has 0 bridgehead atoms. The number of nitrogens with zero attached hydrogens (tertiary/aromatic N) is 1. The van der Waals surface area contributed by atoms with Crippen molar-refractivity contribution in [3.63, 3.8) is 0 Å². The molecule has 13 unspecified atom stereocenters. The zero-order chi connectivity index (χ0) is 75.0. The minimum Gasteiger partial charge on any atom is -0.480 e. The zero-order valence-corrected chi connectivity index (χ0v) is 62.3. The number of aliphatic hydroxyl groups excluding tert-OH is 2. The number of hydrogen-bond donors (Lipinski definition) is 16. The summed E-state index contributed by atoms with van der Waals surface area (Å²) in [5.74, 6) is -8.54. The van der Waals surface area contributed by atoms with Crippen LogP contribution in [0.5, 0.6) is 0 Å². The molecule has 0 radical (unpaired) electrons. The van der Waals surface area contributed by atoms with E-state index in [-0.39, 0.29) is 32.0 Å². The van der Waals surface area contributed by atoms with E-state index in [9.17, 15) is 58.5 Å². The van der Waals surface area contributed by atoms with Gasteiger partial charge in [-0.2, -0.15) is 0 Å². The standard InChI is InChI=1S/C76H138N14O12/c1-53(77)32-19-8-3-9-22-35-56(78)36-23-10-4-11-24-37-57(79)38-25-12-5-13-26-39-58(80)40-27-14-6-15-28-41-59(81)42-29-16-7-17-30-43-60(91)45-46-84-68(94)52-66(92)65-44-31-47-90(65)75(100)71-54(2)85-70(96)51-64(73(98)87-63(50-67(83)93)74(99)89-71)88-72(97)62(48-55-33-20-18-21-34-55)86-69(95)49-61(82)76(101)102/h18,20-21,33-34,53-54,56-66,71,91-92H,3-17,19,22-32,35-52,77-82H2,1-2H3,(H2,83,93)(H,84,94)(H,85,96)(H,86,95)(H,87,98)(H,88,97)(H,89,99)(H,101,102)/t53?,54?,56?,57?,58?,59?,60?,61?,62-,63?,64?,65?,66?,71?/m0/s1. The van der Waals surface area contributed by atoms with Crippen LogP contribution >= 0.6 is 0 Å². The second-order valence-electron chi connectivity index (χ2n) is 29.8. The highest BCUT2D eigenvalue weighted by atomic mass is 16.4. The Hall–Kier alpha value is -5.87. The van der Waals surface area contributed by atoms with Gasteiger partial charge < -0.3 is 92.3 Å². The summed E-state index contributed by atoms with van der Waals surface area (Å²) in [5, 5.41) is 46.5. The molecule has 0 spiro atoms. The van der Waals surface area contributed by atoms with Crippen LogP contribution in [0.1, 0.15) is 289 Å². The second-order valence-corrected chi connectivity index (χ2v) is 29.8. The predicted octanol–water partition coefficient (Wildman–Crippen LogP) is 5.67. The van der Waals surface area contributed by atoms with Crippen LogP contribution < -0.4 is 72.0 Å². The van der Waals surface area contributed by atoms with E-state index in [1.165, 1.54) is 140 Å². The van der Waals surface area contributed by atoms with Gasteiger partial charge in [0.25, 0.3) is 0 Å². The van der Waals surface area contributed by atoms with Crippen LogP contribution in [0, 0.1) is 0 Å². The Morgan fingerprint density at radius 1 is 0.569 bits per heavy atom. The normalized spacial score (nSPS) is 20.1. The molecule has 2 heterocycles. The highest BCUT2D eigenvalue weighted by Gasteiger charge is 2.42. The summed E-state index contributed by atoms with van der Waals surface area (Å²) in [5.41, 5.74) is 43.3. The lowest BCUT2D eigenvalue weighted by Gasteiger charge is -2.34. The summed E-state index contributed by atoms with van der Waals surface area (Å²) in [7, 11) is 0. The van der Waals surface area contributed by atoms with Crippen LogP contribution in [-0.2, 0) is 49.6 Å². The Balaban J connectivity index is 1.24. The van der Waals surface area contributed by atoms with Gasteiger partial charge in [-0.1, -0.05) is 191 Å². The van der Waals surface area contributed by atoms with Crippen molar-refractivity contribution in [1.29, 1.82) is 0 Å². The van der Waals surface area contributed by atoms with E-state index in [2.05, 4.69) is 38.8 Å². The number of nitrogens with two attached hydrogens (primary N) is 7. The number of rotatable bonds is 57. The highest BCUT2D eigenvalue weighted by Crippen LogP contribution is 2.25. The van der Waals surface area contributed by atoms with Crippen molar-refractivity contribution >= 4 is 53.2 Å². The number of amides is 8. The number of carbonyl (C=O) groups is 9. The molecule has 8 amide bonds. The summed E-state index contributed by atoms with van der Waals surface area (Å²) in [6.45, 7) is 3.81. The number of nitrogens with one attached hydrogen (secondary N) is 6. The number of carboxylic acids is 1. The Labute approximate surface area is 609 Å². The van der Waals surface area contributed by atoms with Gasteiger partial charge in [-0.05, 0) is 103 Å². The summed E-state index contributed by atoms with van der Waals surface area (Å²) >= 11 is 0. The Morgan fingerprint density at radius 3 is 1.47 bits per heavy atom. The fourth-order valence-corrected chi connectivity index (χ4v) is 13.9. The molecule has 26 heteroatoms. The predicted molar refractivity (Wildman–Crippen MR) is 400 cm³/mol. The van der Waals surface area contributed by atoms with Gasteiger partial charge in [-0.15, -0.1) is 0 Å². The molecule has 0 aromatic heterocycles. The maximum atomic E-state index is 14.4. The number of benzene rings is 1. The number of carboxylic acid groups (broad SMARTS) is 1. The molecule has 102 heavy (non-hydrogen) atoms. The third-order valence-corrected chi connectivity index (χ3v) is 20.2. The number of carbonyl (C=O) groups excluding carboxylic acids is 8. The first kappa shape index (κ1) is 90.3.